The van der Waals surface area contributed by atoms with E-state index >= 15 is 0 Å². The molecule has 1 aromatic rings. The average molecular weight is 312 g/mol. The zero-order chi connectivity index (χ0) is 15.8. The molecule has 1 unspecified atom stereocenters. The lowest BCUT2D eigenvalue weighted by Gasteiger charge is -2.20. The number of anilines is 1. The highest BCUT2D eigenvalue weighted by Gasteiger charge is 2.31. The molecular formula is C18H24N4O. The predicted molar refractivity (Wildman–Crippen MR) is 91.0 cm³/mol. The van der Waals surface area contributed by atoms with Crippen molar-refractivity contribution in [2.24, 2.45) is 5.92 Å². The number of nitrogens with two attached hydrogens (primary N) is 1. The van der Waals surface area contributed by atoms with Gasteiger partial charge in [0.1, 0.15) is 5.69 Å². The van der Waals surface area contributed by atoms with E-state index in [1.54, 1.807) is 6.20 Å². The first kappa shape index (κ1) is 14.7. The third kappa shape index (κ3) is 2.85. The summed E-state index contributed by atoms with van der Waals surface area (Å²) in [5.74, 6) is 1.78. The van der Waals surface area contributed by atoms with Gasteiger partial charge in [-0.25, -0.2) is 9.97 Å². The molecule has 0 aliphatic heterocycles. The summed E-state index contributed by atoms with van der Waals surface area (Å²) in [4.78, 5) is 8.66. The Bertz CT molecular complexity index is 676. The van der Waals surface area contributed by atoms with Crippen LogP contribution in [-0.2, 0) is 0 Å². The molecular weight excluding hydrogens is 288 g/mol. The van der Waals surface area contributed by atoms with Crippen LogP contribution in [0.25, 0.3) is 5.57 Å². The smallest absolute Gasteiger partial charge is 0.220 e. The number of nitrogens with zero attached hydrogens (tertiary/aromatic N) is 2. The summed E-state index contributed by atoms with van der Waals surface area (Å²) < 4.78 is 6.01. The number of likely N-dealkylation sites (N-methyl/N-ethyl adjacent to an activating group) is 1. The molecule has 5 nitrogen and oxygen atoms in total. The Kier molecular flexibility index (Phi) is 3.81. The first-order chi connectivity index (χ1) is 11.3. The molecule has 0 amide bonds. The van der Waals surface area contributed by atoms with Crippen LogP contribution in [0.15, 0.2) is 23.4 Å². The van der Waals surface area contributed by atoms with Crippen molar-refractivity contribution in [2.45, 2.75) is 44.6 Å². The van der Waals surface area contributed by atoms with E-state index in [9.17, 15) is 0 Å². The fourth-order valence-corrected chi connectivity index (χ4v) is 3.60. The summed E-state index contributed by atoms with van der Waals surface area (Å²) in [5, 5.41) is 3.41. The second-order valence-electron chi connectivity index (χ2n) is 6.75. The Labute approximate surface area is 137 Å². The normalized spacial score (nSPS) is 23.7. The quantitative estimate of drug-likeness (QED) is 0.874. The van der Waals surface area contributed by atoms with Gasteiger partial charge in [-0.1, -0.05) is 6.08 Å². The van der Waals surface area contributed by atoms with Gasteiger partial charge in [-0.05, 0) is 62.6 Å². The standard InChI is InChI=1S/C18H24N4O/c1-20-15-8-14(12-4-2-3-5-13(12)15)17-16(9-21-18(19)22-17)23-10-11-6-7-11/h8-9,11,15,20H,2-7,10H2,1H3,(H2,19,21,22). The first-order valence-electron chi connectivity index (χ1n) is 8.63. The van der Waals surface area contributed by atoms with Gasteiger partial charge in [-0.15, -0.1) is 0 Å². The molecule has 0 spiro atoms. The van der Waals surface area contributed by atoms with Crippen molar-refractivity contribution >= 4 is 11.5 Å². The van der Waals surface area contributed by atoms with Crippen LogP contribution in [0.5, 0.6) is 5.75 Å². The SMILES string of the molecule is CNC1C=C(c2nc(N)ncc2OCC2CC2)C2=C1CCCC2. The number of ether oxygens (including phenoxy) is 1. The van der Waals surface area contributed by atoms with Crippen molar-refractivity contribution in [3.63, 3.8) is 0 Å². The zero-order valence-corrected chi connectivity index (χ0v) is 13.6. The molecule has 3 N–H and O–H groups in total. The molecule has 0 bridgehead atoms. The maximum atomic E-state index is 6.01. The Balaban J connectivity index is 1.70. The van der Waals surface area contributed by atoms with E-state index in [4.69, 9.17) is 10.5 Å². The van der Waals surface area contributed by atoms with Gasteiger partial charge < -0.3 is 15.8 Å². The van der Waals surface area contributed by atoms with Crippen LogP contribution in [0.4, 0.5) is 5.95 Å². The van der Waals surface area contributed by atoms with Gasteiger partial charge in [0.25, 0.3) is 0 Å². The topological polar surface area (TPSA) is 73.1 Å². The number of rotatable bonds is 5. The van der Waals surface area contributed by atoms with E-state index in [2.05, 4.69) is 21.4 Å². The molecule has 23 heavy (non-hydrogen) atoms. The molecule has 3 aliphatic rings. The fourth-order valence-electron chi connectivity index (χ4n) is 3.60. The number of aromatic nitrogens is 2. The minimum absolute atomic E-state index is 0.311. The van der Waals surface area contributed by atoms with E-state index in [-0.39, 0.29) is 0 Å². The van der Waals surface area contributed by atoms with Crippen molar-refractivity contribution in [2.75, 3.05) is 19.4 Å². The molecule has 4 rings (SSSR count). The molecule has 0 aromatic carbocycles. The van der Waals surface area contributed by atoms with Crippen LogP contribution in [0.2, 0.25) is 0 Å². The number of hydrogen-bond donors (Lipinski definition) is 2. The lowest BCUT2D eigenvalue weighted by atomic mass is 9.89. The molecule has 1 aromatic heterocycles. The lowest BCUT2D eigenvalue weighted by molar-refractivity contribution is 0.296. The van der Waals surface area contributed by atoms with Gasteiger partial charge in [-0.2, -0.15) is 0 Å². The maximum absolute atomic E-state index is 6.01. The second kappa shape index (κ2) is 5.96. The highest BCUT2D eigenvalue weighted by Crippen LogP contribution is 2.43. The van der Waals surface area contributed by atoms with Crippen LogP contribution in [0.3, 0.4) is 0 Å². The Morgan fingerprint density at radius 2 is 2.13 bits per heavy atom. The molecule has 1 saturated carbocycles. The fraction of sp³-hybridized carbons (Fsp3) is 0.556. The lowest BCUT2D eigenvalue weighted by Crippen LogP contribution is -2.24. The number of nitrogen functional groups attached to an aromatic ring is 1. The van der Waals surface area contributed by atoms with Crippen molar-refractivity contribution in [3.05, 3.63) is 29.1 Å². The van der Waals surface area contributed by atoms with Crippen LogP contribution in [0.1, 0.15) is 44.2 Å². The minimum Gasteiger partial charge on any atom is -0.489 e. The molecule has 1 fully saturated rings. The molecule has 1 atom stereocenters. The highest BCUT2D eigenvalue weighted by atomic mass is 16.5. The van der Waals surface area contributed by atoms with Crippen molar-refractivity contribution < 1.29 is 4.74 Å². The monoisotopic (exact) mass is 312 g/mol. The molecule has 122 valence electrons. The van der Waals surface area contributed by atoms with E-state index in [1.807, 2.05) is 7.05 Å². The van der Waals surface area contributed by atoms with Crippen molar-refractivity contribution in [1.82, 2.24) is 15.3 Å². The van der Waals surface area contributed by atoms with E-state index in [0.717, 1.165) is 24.5 Å². The Morgan fingerprint density at radius 3 is 2.91 bits per heavy atom. The van der Waals surface area contributed by atoms with Crippen molar-refractivity contribution in [1.29, 1.82) is 0 Å². The third-order valence-electron chi connectivity index (χ3n) is 5.06. The zero-order valence-electron chi connectivity index (χ0n) is 13.6. The number of allylic oxidation sites excluding steroid dienone is 2. The van der Waals surface area contributed by atoms with Crippen molar-refractivity contribution in [3.8, 4) is 5.75 Å². The second-order valence-corrected chi connectivity index (χ2v) is 6.75. The first-order valence-corrected chi connectivity index (χ1v) is 8.63. The number of hydrogen-bond acceptors (Lipinski definition) is 5. The summed E-state index contributed by atoms with van der Waals surface area (Å²) in [6.07, 6.45) is 11.3. The summed E-state index contributed by atoms with van der Waals surface area (Å²) in [6, 6.07) is 0.313. The van der Waals surface area contributed by atoms with Crippen LogP contribution in [-0.4, -0.2) is 29.7 Å². The summed E-state index contributed by atoms with van der Waals surface area (Å²) in [5.41, 5.74) is 10.9. The van der Waals surface area contributed by atoms with E-state index in [1.165, 1.54) is 48.8 Å². The van der Waals surface area contributed by atoms with Gasteiger partial charge in [0.15, 0.2) is 5.75 Å². The molecule has 5 heteroatoms. The number of nitrogens with one attached hydrogen (secondary N) is 1. The predicted octanol–water partition coefficient (Wildman–Crippen LogP) is 2.70. The van der Waals surface area contributed by atoms with Gasteiger partial charge >= 0.3 is 0 Å². The average Bonchev–Trinajstić information content (AvgIpc) is 3.33. The Morgan fingerprint density at radius 1 is 1.30 bits per heavy atom. The van der Waals surface area contributed by atoms with Gasteiger partial charge in [0.05, 0.1) is 12.8 Å². The van der Waals surface area contributed by atoms with Crippen LogP contribution in [0, 0.1) is 5.92 Å². The maximum Gasteiger partial charge on any atom is 0.220 e. The largest absolute Gasteiger partial charge is 0.489 e. The van der Waals surface area contributed by atoms with Gasteiger partial charge in [-0.3, -0.25) is 0 Å². The Hall–Kier alpha value is -1.88. The summed E-state index contributed by atoms with van der Waals surface area (Å²) in [6.45, 7) is 0.759. The molecule has 0 saturated heterocycles. The van der Waals surface area contributed by atoms with E-state index < -0.39 is 0 Å². The molecule has 0 radical (unpaired) electrons. The summed E-state index contributed by atoms with van der Waals surface area (Å²) >= 11 is 0. The third-order valence-corrected chi connectivity index (χ3v) is 5.06. The van der Waals surface area contributed by atoms with Crippen LogP contribution < -0.4 is 15.8 Å². The molecule has 1 heterocycles. The van der Waals surface area contributed by atoms with E-state index in [0.29, 0.717) is 17.9 Å². The highest BCUT2D eigenvalue weighted by molar-refractivity contribution is 5.85. The van der Waals surface area contributed by atoms with Gasteiger partial charge in [0, 0.05) is 11.6 Å². The minimum atomic E-state index is 0.311. The summed E-state index contributed by atoms with van der Waals surface area (Å²) in [7, 11) is 2.02. The molecule has 3 aliphatic carbocycles. The van der Waals surface area contributed by atoms with Gasteiger partial charge in [0.2, 0.25) is 5.95 Å². The van der Waals surface area contributed by atoms with Crippen LogP contribution >= 0.6 is 0 Å².